The maximum atomic E-state index is 12.7. The highest BCUT2D eigenvalue weighted by Crippen LogP contribution is 2.24. The summed E-state index contributed by atoms with van der Waals surface area (Å²) in [7, 11) is -3.61. The van der Waals surface area contributed by atoms with E-state index >= 15 is 0 Å². The Morgan fingerprint density at radius 2 is 2.03 bits per heavy atom. The minimum atomic E-state index is -3.61. The van der Waals surface area contributed by atoms with Gasteiger partial charge in [-0.15, -0.1) is 0 Å². The van der Waals surface area contributed by atoms with Crippen molar-refractivity contribution in [3.05, 3.63) is 60.8 Å². The normalized spacial score (nSPS) is 14.9. The first-order chi connectivity index (χ1) is 14.5. The molecule has 0 aliphatic carbocycles. The quantitative estimate of drug-likeness (QED) is 0.599. The first kappa shape index (κ1) is 20.4. The second-order valence-corrected chi connectivity index (χ2v) is 9.56. The number of thioether (sulfide) groups is 1. The van der Waals surface area contributed by atoms with E-state index in [2.05, 4.69) is 20.3 Å². The van der Waals surface area contributed by atoms with Crippen LogP contribution >= 0.6 is 11.8 Å². The van der Waals surface area contributed by atoms with Crippen molar-refractivity contribution in [1.82, 2.24) is 19.3 Å². The van der Waals surface area contributed by atoms with Gasteiger partial charge in [-0.25, -0.2) is 13.4 Å². The molecule has 156 valence electrons. The smallest absolute Gasteiger partial charge is 0.272 e. The van der Waals surface area contributed by atoms with Gasteiger partial charge in [-0.2, -0.15) is 16.1 Å². The number of H-pyrrole nitrogens is 1. The Hall–Kier alpha value is -2.89. The molecule has 1 aromatic carbocycles. The monoisotopic (exact) mass is 445 g/mol. The van der Waals surface area contributed by atoms with Crippen LogP contribution in [0.5, 0.6) is 11.6 Å². The largest absolute Gasteiger partial charge is 0.437 e. The van der Waals surface area contributed by atoms with Gasteiger partial charge >= 0.3 is 0 Å². The van der Waals surface area contributed by atoms with Gasteiger partial charge in [0.15, 0.2) is 0 Å². The van der Waals surface area contributed by atoms with Crippen molar-refractivity contribution in [2.75, 3.05) is 29.9 Å². The van der Waals surface area contributed by atoms with E-state index in [0.29, 0.717) is 30.4 Å². The second-order valence-electron chi connectivity index (χ2n) is 6.39. The summed E-state index contributed by atoms with van der Waals surface area (Å²) in [4.78, 5) is 23.4. The third-order valence-electron chi connectivity index (χ3n) is 4.36. The highest BCUT2D eigenvalue weighted by Gasteiger charge is 2.27. The van der Waals surface area contributed by atoms with E-state index in [1.54, 1.807) is 42.2 Å². The minimum Gasteiger partial charge on any atom is -0.437 e. The first-order valence-corrected chi connectivity index (χ1v) is 11.7. The molecule has 0 bridgehead atoms. The van der Waals surface area contributed by atoms with Crippen LogP contribution in [-0.2, 0) is 10.0 Å². The Morgan fingerprint density at radius 1 is 1.20 bits per heavy atom. The highest BCUT2D eigenvalue weighted by atomic mass is 32.2. The van der Waals surface area contributed by atoms with Crippen LogP contribution in [0.2, 0.25) is 0 Å². The van der Waals surface area contributed by atoms with E-state index in [9.17, 15) is 13.2 Å². The summed E-state index contributed by atoms with van der Waals surface area (Å²) in [5.41, 5.74) is 0.647. The van der Waals surface area contributed by atoms with Crippen LogP contribution in [0, 0.1) is 0 Å². The second kappa shape index (κ2) is 8.86. The lowest BCUT2D eigenvalue weighted by molar-refractivity contribution is 0.102. The van der Waals surface area contributed by atoms with Gasteiger partial charge in [0.25, 0.3) is 5.91 Å². The van der Waals surface area contributed by atoms with Crippen molar-refractivity contribution in [3.8, 4) is 11.6 Å². The maximum Gasteiger partial charge on any atom is 0.272 e. The zero-order valence-electron chi connectivity index (χ0n) is 15.8. The van der Waals surface area contributed by atoms with Crippen LogP contribution in [0.15, 0.2) is 60.0 Å². The van der Waals surface area contributed by atoms with Crippen LogP contribution < -0.4 is 10.1 Å². The molecule has 4 rings (SSSR count). The number of rotatable bonds is 6. The van der Waals surface area contributed by atoms with E-state index in [-0.39, 0.29) is 10.6 Å². The molecule has 1 aliphatic heterocycles. The van der Waals surface area contributed by atoms with Crippen molar-refractivity contribution in [3.63, 3.8) is 0 Å². The van der Waals surface area contributed by atoms with Crippen molar-refractivity contribution >= 4 is 33.4 Å². The number of nitrogens with one attached hydrogen (secondary N) is 2. The molecule has 30 heavy (non-hydrogen) atoms. The van der Waals surface area contributed by atoms with Gasteiger partial charge in [0.1, 0.15) is 16.3 Å². The molecular formula is C19H19N5O4S2. The molecule has 2 aromatic heterocycles. The number of aromatic amines is 1. The molecule has 1 aliphatic rings. The molecule has 9 nitrogen and oxygen atoms in total. The van der Waals surface area contributed by atoms with E-state index in [0.717, 1.165) is 11.5 Å². The molecule has 3 heterocycles. The van der Waals surface area contributed by atoms with Crippen molar-refractivity contribution in [2.45, 2.75) is 4.90 Å². The number of aromatic nitrogens is 3. The van der Waals surface area contributed by atoms with Crippen LogP contribution in [0.4, 0.5) is 5.69 Å². The van der Waals surface area contributed by atoms with Crippen molar-refractivity contribution in [2.24, 2.45) is 0 Å². The number of benzene rings is 1. The number of hydrogen-bond donors (Lipinski definition) is 2. The number of carbonyl (C=O) groups is 1. The molecule has 2 N–H and O–H groups in total. The number of anilines is 1. The summed E-state index contributed by atoms with van der Waals surface area (Å²) in [5, 5.41) is 2.73. The van der Waals surface area contributed by atoms with Crippen LogP contribution in [0.25, 0.3) is 0 Å². The SMILES string of the molecule is O=C(Nc1cccc(Oc2cnccn2)c1)c1cc(S(=O)(=O)N2CCSCC2)c[nH]1. The van der Waals surface area contributed by atoms with Crippen LogP contribution in [-0.4, -0.2) is 58.2 Å². The number of carbonyl (C=O) groups excluding carboxylic acids is 1. The van der Waals surface area contributed by atoms with Gasteiger partial charge in [-0.1, -0.05) is 6.07 Å². The zero-order valence-corrected chi connectivity index (χ0v) is 17.4. The minimum absolute atomic E-state index is 0.0827. The summed E-state index contributed by atoms with van der Waals surface area (Å²) in [6, 6.07) is 8.14. The summed E-state index contributed by atoms with van der Waals surface area (Å²) in [5.74, 6) is 1.89. The standard InChI is InChI=1S/C19H19N5O4S2/c25-19(17-11-16(12-22-17)30(26,27)24-6-8-29-9-7-24)23-14-2-1-3-15(10-14)28-18-13-20-4-5-21-18/h1-5,10-13,22H,6-9H2,(H,23,25). The summed E-state index contributed by atoms with van der Waals surface area (Å²) in [6.07, 6.45) is 5.88. The fourth-order valence-corrected chi connectivity index (χ4v) is 5.46. The van der Waals surface area contributed by atoms with Crippen molar-refractivity contribution in [1.29, 1.82) is 0 Å². The molecule has 1 saturated heterocycles. The summed E-state index contributed by atoms with van der Waals surface area (Å²) >= 11 is 1.73. The molecule has 1 fully saturated rings. The molecule has 11 heteroatoms. The zero-order chi connectivity index (χ0) is 21.0. The van der Waals surface area contributed by atoms with E-state index in [1.165, 1.54) is 29.0 Å². The maximum absolute atomic E-state index is 12.7. The third-order valence-corrected chi connectivity index (χ3v) is 7.18. The number of nitrogens with zero attached hydrogens (tertiary/aromatic N) is 3. The number of hydrogen-bond acceptors (Lipinski definition) is 7. The Balaban J connectivity index is 1.45. The molecule has 0 saturated carbocycles. The summed E-state index contributed by atoms with van der Waals surface area (Å²) in [6.45, 7) is 0.941. The molecule has 0 spiro atoms. The molecule has 1 amide bonds. The van der Waals surface area contributed by atoms with Gasteiger partial charge < -0.3 is 15.0 Å². The Kier molecular flexibility index (Phi) is 6.02. The number of ether oxygens (including phenoxy) is 1. The van der Waals surface area contributed by atoms with E-state index < -0.39 is 15.9 Å². The molecule has 0 atom stereocenters. The van der Waals surface area contributed by atoms with E-state index in [1.807, 2.05) is 0 Å². The van der Waals surface area contributed by atoms with Gasteiger partial charge in [0.2, 0.25) is 15.9 Å². The van der Waals surface area contributed by atoms with Crippen LogP contribution in [0.1, 0.15) is 10.5 Å². The van der Waals surface area contributed by atoms with Gasteiger partial charge in [0.05, 0.1) is 6.20 Å². The highest BCUT2D eigenvalue weighted by molar-refractivity contribution is 7.99. The average Bonchev–Trinajstić information content (AvgIpc) is 3.27. The fourth-order valence-electron chi connectivity index (χ4n) is 2.89. The molecule has 0 radical (unpaired) electrons. The van der Waals surface area contributed by atoms with Gasteiger partial charge in [-0.05, 0) is 18.2 Å². The van der Waals surface area contributed by atoms with Crippen LogP contribution in [0.3, 0.4) is 0 Å². The average molecular weight is 446 g/mol. The lowest BCUT2D eigenvalue weighted by Gasteiger charge is -2.24. The third kappa shape index (κ3) is 4.64. The Labute approximate surface area is 177 Å². The predicted octanol–water partition coefficient (Wildman–Crippen LogP) is 2.59. The van der Waals surface area contributed by atoms with Crippen molar-refractivity contribution < 1.29 is 17.9 Å². The lowest BCUT2D eigenvalue weighted by Crippen LogP contribution is -2.37. The number of sulfonamides is 1. The molecule has 0 unspecified atom stereocenters. The lowest BCUT2D eigenvalue weighted by atomic mass is 10.3. The molecule has 3 aromatic rings. The summed E-state index contributed by atoms with van der Waals surface area (Å²) < 4.78 is 32.5. The van der Waals surface area contributed by atoms with Gasteiger partial charge in [-0.3, -0.25) is 9.78 Å². The Morgan fingerprint density at radius 3 is 2.80 bits per heavy atom. The van der Waals surface area contributed by atoms with Gasteiger partial charge in [0, 0.05) is 54.9 Å². The Bertz CT molecular complexity index is 1130. The van der Waals surface area contributed by atoms with E-state index in [4.69, 9.17) is 4.74 Å². The first-order valence-electron chi connectivity index (χ1n) is 9.14. The number of amides is 1. The fraction of sp³-hybridized carbons (Fsp3) is 0.211. The predicted molar refractivity (Wildman–Crippen MR) is 113 cm³/mol. The topological polar surface area (TPSA) is 117 Å². The molecular weight excluding hydrogens is 426 g/mol.